The highest BCUT2D eigenvalue weighted by Crippen LogP contribution is 2.32. The Bertz CT molecular complexity index is 464. The van der Waals surface area contributed by atoms with Gasteiger partial charge >= 0.3 is 0 Å². The standard InChI is InChI=1S/C17H28N2O2/c1-4-9-21-16-10-14(5-6-15(16)20-3)11-19-8-7-17(2,12-18)13-19/h5-6,10H,4,7-9,11-13,18H2,1-3H3. The molecule has 21 heavy (non-hydrogen) atoms. The Labute approximate surface area is 128 Å². The number of hydrogen-bond donors (Lipinski definition) is 1. The maximum Gasteiger partial charge on any atom is 0.161 e. The molecule has 1 aromatic carbocycles. The number of nitrogens with zero attached hydrogens (tertiary/aromatic N) is 1. The van der Waals surface area contributed by atoms with Crippen molar-refractivity contribution < 1.29 is 9.47 Å². The van der Waals surface area contributed by atoms with Gasteiger partial charge in [0.15, 0.2) is 11.5 Å². The van der Waals surface area contributed by atoms with Crippen molar-refractivity contribution in [2.24, 2.45) is 11.1 Å². The number of benzene rings is 1. The van der Waals surface area contributed by atoms with Gasteiger partial charge in [-0.15, -0.1) is 0 Å². The average Bonchev–Trinajstić information content (AvgIpc) is 2.87. The predicted octanol–water partition coefficient (Wildman–Crippen LogP) is 2.65. The monoisotopic (exact) mass is 292 g/mol. The highest BCUT2D eigenvalue weighted by Gasteiger charge is 2.32. The van der Waals surface area contributed by atoms with Crippen LogP contribution in [0.2, 0.25) is 0 Å². The topological polar surface area (TPSA) is 47.7 Å². The minimum Gasteiger partial charge on any atom is -0.493 e. The smallest absolute Gasteiger partial charge is 0.161 e. The van der Waals surface area contributed by atoms with Crippen LogP contribution in [0.15, 0.2) is 18.2 Å². The minimum atomic E-state index is 0.272. The number of nitrogens with two attached hydrogens (primary N) is 1. The molecule has 1 heterocycles. The third-order valence-electron chi connectivity index (χ3n) is 4.23. The van der Waals surface area contributed by atoms with Crippen LogP contribution < -0.4 is 15.2 Å². The molecule has 1 unspecified atom stereocenters. The first-order valence-electron chi connectivity index (χ1n) is 7.82. The molecule has 0 amide bonds. The molecule has 1 aromatic rings. The van der Waals surface area contributed by atoms with E-state index in [0.29, 0.717) is 0 Å². The van der Waals surface area contributed by atoms with Crippen molar-refractivity contribution in [2.75, 3.05) is 33.4 Å². The zero-order valence-electron chi connectivity index (χ0n) is 13.5. The Morgan fingerprint density at radius 2 is 2.14 bits per heavy atom. The van der Waals surface area contributed by atoms with E-state index in [-0.39, 0.29) is 5.41 Å². The number of ether oxygens (including phenoxy) is 2. The lowest BCUT2D eigenvalue weighted by Gasteiger charge is -2.23. The van der Waals surface area contributed by atoms with Crippen LogP contribution in [-0.2, 0) is 6.54 Å². The summed E-state index contributed by atoms with van der Waals surface area (Å²) in [7, 11) is 1.68. The molecular formula is C17H28N2O2. The second-order valence-electron chi connectivity index (χ2n) is 6.31. The van der Waals surface area contributed by atoms with Crippen LogP contribution in [0.3, 0.4) is 0 Å². The summed E-state index contributed by atoms with van der Waals surface area (Å²) in [4.78, 5) is 2.47. The van der Waals surface area contributed by atoms with Gasteiger partial charge < -0.3 is 15.2 Å². The van der Waals surface area contributed by atoms with Crippen molar-refractivity contribution in [3.05, 3.63) is 23.8 Å². The van der Waals surface area contributed by atoms with Crippen molar-refractivity contribution in [3.63, 3.8) is 0 Å². The minimum absolute atomic E-state index is 0.272. The molecule has 0 aliphatic carbocycles. The van der Waals surface area contributed by atoms with E-state index in [2.05, 4.69) is 30.9 Å². The van der Waals surface area contributed by atoms with E-state index >= 15 is 0 Å². The van der Waals surface area contributed by atoms with E-state index in [1.54, 1.807) is 7.11 Å². The lowest BCUT2D eigenvalue weighted by molar-refractivity contribution is 0.272. The van der Waals surface area contributed by atoms with Crippen molar-refractivity contribution in [1.82, 2.24) is 4.90 Å². The fourth-order valence-electron chi connectivity index (χ4n) is 2.83. The molecule has 0 saturated carbocycles. The lowest BCUT2D eigenvalue weighted by Crippen LogP contribution is -2.31. The maximum absolute atomic E-state index is 5.88. The normalized spacial score (nSPS) is 22.5. The van der Waals surface area contributed by atoms with Crippen LogP contribution in [0.5, 0.6) is 11.5 Å². The van der Waals surface area contributed by atoms with Crippen LogP contribution in [-0.4, -0.2) is 38.3 Å². The van der Waals surface area contributed by atoms with Gasteiger partial charge in [0.05, 0.1) is 13.7 Å². The van der Waals surface area contributed by atoms with Gasteiger partial charge in [-0.3, -0.25) is 4.90 Å². The second-order valence-corrected chi connectivity index (χ2v) is 6.31. The van der Waals surface area contributed by atoms with E-state index in [1.807, 2.05) is 6.07 Å². The van der Waals surface area contributed by atoms with Gasteiger partial charge in [-0.1, -0.05) is 19.9 Å². The second kappa shape index (κ2) is 7.14. The number of methoxy groups -OCH3 is 1. The summed E-state index contributed by atoms with van der Waals surface area (Å²) in [5.41, 5.74) is 7.42. The van der Waals surface area contributed by atoms with Crippen LogP contribution in [0, 0.1) is 5.41 Å². The molecule has 1 aliphatic heterocycles. The number of hydrogen-bond acceptors (Lipinski definition) is 4. The zero-order valence-corrected chi connectivity index (χ0v) is 13.5. The van der Waals surface area contributed by atoms with Gasteiger partial charge in [0, 0.05) is 13.1 Å². The molecule has 0 spiro atoms. The molecule has 1 saturated heterocycles. The fraction of sp³-hybridized carbons (Fsp3) is 0.647. The first-order valence-corrected chi connectivity index (χ1v) is 7.82. The molecular weight excluding hydrogens is 264 g/mol. The Morgan fingerprint density at radius 3 is 2.76 bits per heavy atom. The molecule has 0 aromatic heterocycles. The molecule has 1 atom stereocenters. The van der Waals surface area contributed by atoms with Gasteiger partial charge in [-0.25, -0.2) is 0 Å². The average molecular weight is 292 g/mol. The van der Waals surface area contributed by atoms with Gasteiger partial charge in [0.25, 0.3) is 0 Å². The first-order chi connectivity index (χ1) is 10.1. The number of rotatable bonds is 7. The fourth-order valence-corrected chi connectivity index (χ4v) is 2.83. The highest BCUT2D eigenvalue weighted by molar-refractivity contribution is 5.43. The maximum atomic E-state index is 5.88. The summed E-state index contributed by atoms with van der Waals surface area (Å²) in [6, 6.07) is 6.22. The summed E-state index contributed by atoms with van der Waals surface area (Å²) in [5, 5.41) is 0. The first kappa shape index (κ1) is 16.1. The molecule has 4 nitrogen and oxygen atoms in total. The van der Waals surface area contributed by atoms with E-state index in [1.165, 1.54) is 12.0 Å². The van der Waals surface area contributed by atoms with Crippen molar-refractivity contribution in [3.8, 4) is 11.5 Å². The number of likely N-dealkylation sites (tertiary alicyclic amines) is 1. The summed E-state index contributed by atoms with van der Waals surface area (Å²) < 4.78 is 11.1. The Hall–Kier alpha value is -1.26. The Kier molecular flexibility index (Phi) is 5.48. The van der Waals surface area contributed by atoms with Crippen LogP contribution >= 0.6 is 0 Å². The summed E-state index contributed by atoms with van der Waals surface area (Å²) in [5.74, 6) is 1.65. The van der Waals surface area contributed by atoms with Crippen molar-refractivity contribution in [1.29, 1.82) is 0 Å². The zero-order chi connectivity index (χ0) is 15.3. The molecule has 4 heteroatoms. The Morgan fingerprint density at radius 1 is 1.33 bits per heavy atom. The largest absolute Gasteiger partial charge is 0.493 e. The molecule has 2 rings (SSSR count). The highest BCUT2D eigenvalue weighted by atomic mass is 16.5. The summed E-state index contributed by atoms with van der Waals surface area (Å²) >= 11 is 0. The SMILES string of the molecule is CCCOc1cc(CN2CCC(C)(CN)C2)ccc1OC. The van der Waals surface area contributed by atoms with Crippen LogP contribution in [0.4, 0.5) is 0 Å². The summed E-state index contributed by atoms with van der Waals surface area (Å²) in [6.07, 6.45) is 2.17. The van der Waals surface area contributed by atoms with Crippen molar-refractivity contribution in [2.45, 2.75) is 33.2 Å². The molecule has 1 fully saturated rings. The summed E-state index contributed by atoms with van der Waals surface area (Å²) in [6.45, 7) is 8.99. The lowest BCUT2D eigenvalue weighted by atomic mass is 9.90. The van der Waals surface area contributed by atoms with Crippen LogP contribution in [0.1, 0.15) is 32.3 Å². The van der Waals surface area contributed by atoms with Crippen LogP contribution in [0.25, 0.3) is 0 Å². The Balaban J connectivity index is 2.03. The van der Waals surface area contributed by atoms with E-state index in [9.17, 15) is 0 Å². The molecule has 0 bridgehead atoms. The van der Waals surface area contributed by atoms with Gasteiger partial charge in [-0.05, 0) is 49.0 Å². The van der Waals surface area contributed by atoms with E-state index in [4.69, 9.17) is 15.2 Å². The van der Waals surface area contributed by atoms with Gasteiger partial charge in [0.2, 0.25) is 0 Å². The predicted molar refractivity (Wildman–Crippen MR) is 85.8 cm³/mol. The molecule has 1 aliphatic rings. The third-order valence-corrected chi connectivity index (χ3v) is 4.23. The van der Waals surface area contributed by atoms with E-state index < -0.39 is 0 Å². The molecule has 118 valence electrons. The van der Waals surface area contributed by atoms with Gasteiger partial charge in [0.1, 0.15) is 0 Å². The molecule has 2 N–H and O–H groups in total. The van der Waals surface area contributed by atoms with Crippen molar-refractivity contribution >= 4 is 0 Å². The van der Waals surface area contributed by atoms with Gasteiger partial charge in [-0.2, -0.15) is 0 Å². The van der Waals surface area contributed by atoms with E-state index in [0.717, 1.165) is 50.7 Å². The molecule has 0 radical (unpaired) electrons. The third kappa shape index (κ3) is 4.11. The quantitative estimate of drug-likeness (QED) is 0.839.